The number of alkyl halides is 2. The van der Waals surface area contributed by atoms with E-state index in [-0.39, 0.29) is 120 Å². The summed E-state index contributed by atoms with van der Waals surface area (Å²) in [6.45, 7) is 4.03. The minimum Gasteiger partial charge on any atom is -0.508 e. The number of aromatic hydroxyl groups is 1. The second kappa shape index (κ2) is 13.7. The maximum Gasteiger partial charge on any atom is 0.319 e. The molecular weight excluding hydrogens is 706 g/mol. The lowest BCUT2D eigenvalue weighted by atomic mass is 9.74. The van der Waals surface area contributed by atoms with E-state index in [4.69, 9.17) is 25.6 Å². The molecule has 0 spiro atoms. The fourth-order valence-corrected chi connectivity index (χ4v) is 9.34. The Labute approximate surface area is 310 Å². The molecule has 8 rings (SSSR count). The van der Waals surface area contributed by atoms with Crippen LogP contribution in [0.2, 0.25) is 0 Å². The second-order valence-corrected chi connectivity index (χ2v) is 15.8. The van der Waals surface area contributed by atoms with Crippen molar-refractivity contribution in [3.63, 3.8) is 0 Å². The molecule has 0 radical (unpaired) electrons. The van der Waals surface area contributed by atoms with Gasteiger partial charge in [0.1, 0.15) is 39.6 Å². The minimum absolute atomic E-state index is 0.0306. The second-order valence-electron chi connectivity index (χ2n) is 15.8. The molecule has 3 atom stereocenters. The van der Waals surface area contributed by atoms with Gasteiger partial charge in [0.25, 0.3) is 0 Å². The van der Waals surface area contributed by atoms with Crippen LogP contribution in [0.1, 0.15) is 57.4 Å². The van der Waals surface area contributed by atoms with Gasteiger partial charge in [-0.3, -0.25) is 4.90 Å². The van der Waals surface area contributed by atoms with Gasteiger partial charge < -0.3 is 29.3 Å². The number of aromatic nitrogens is 3. The molecule has 2 aliphatic carbocycles. The molecular formula is C40H43F4N5O5. The van der Waals surface area contributed by atoms with E-state index < -0.39 is 23.2 Å². The SMILES string of the molecule is C#Cc1c(F)ccc2cc(O)cc(-c3nc(OC)c4c(N5CCOC[C@@](C)(O)C5)nc(OC[C@]56CCC[C@H]5N(CC5CC(F)(F)C5)CCC6)nc4c3F)c12. The van der Waals surface area contributed by atoms with Gasteiger partial charge in [-0.2, -0.15) is 9.97 Å². The van der Waals surface area contributed by atoms with Gasteiger partial charge >= 0.3 is 6.01 Å². The normalized spacial score (nSPS) is 26.0. The molecule has 4 fully saturated rings. The molecule has 0 amide bonds. The number of hydrogen-bond donors (Lipinski definition) is 2. The van der Waals surface area contributed by atoms with E-state index in [0.29, 0.717) is 11.9 Å². The Kier molecular flexibility index (Phi) is 9.26. The van der Waals surface area contributed by atoms with Gasteiger partial charge in [-0.05, 0) is 68.7 Å². The van der Waals surface area contributed by atoms with Crippen molar-refractivity contribution >= 4 is 27.5 Å². The van der Waals surface area contributed by atoms with Crippen molar-refractivity contribution in [2.75, 3.05) is 58.0 Å². The van der Waals surface area contributed by atoms with E-state index in [2.05, 4.69) is 20.8 Å². The fraction of sp³-hybridized carbons (Fsp3) is 0.525. The van der Waals surface area contributed by atoms with Gasteiger partial charge in [-0.15, -0.1) is 6.42 Å². The predicted molar refractivity (Wildman–Crippen MR) is 194 cm³/mol. The summed E-state index contributed by atoms with van der Waals surface area (Å²) < 4.78 is 77.7. The molecule has 2 aromatic carbocycles. The van der Waals surface area contributed by atoms with Crippen LogP contribution in [0.15, 0.2) is 24.3 Å². The Bertz CT molecular complexity index is 2150. The summed E-state index contributed by atoms with van der Waals surface area (Å²) in [7, 11) is 1.37. The van der Waals surface area contributed by atoms with E-state index in [9.17, 15) is 19.0 Å². The number of benzene rings is 2. The molecule has 2 saturated carbocycles. The van der Waals surface area contributed by atoms with E-state index in [1.807, 2.05) is 0 Å². The Morgan fingerprint density at radius 3 is 2.63 bits per heavy atom. The van der Waals surface area contributed by atoms with Crippen LogP contribution in [-0.4, -0.2) is 101 Å². The highest BCUT2D eigenvalue weighted by molar-refractivity contribution is 6.04. The maximum absolute atomic E-state index is 17.3. The number of phenols is 1. The van der Waals surface area contributed by atoms with Crippen molar-refractivity contribution in [2.24, 2.45) is 11.3 Å². The topological polar surface area (TPSA) is 113 Å². The van der Waals surface area contributed by atoms with Crippen molar-refractivity contribution in [1.29, 1.82) is 0 Å². The van der Waals surface area contributed by atoms with Crippen LogP contribution in [0, 0.1) is 35.3 Å². The monoisotopic (exact) mass is 749 g/mol. The van der Waals surface area contributed by atoms with Crippen molar-refractivity contribution < 1.29 is 42.0 Å². The van der Waals surface area contributed by atoms with Crippen molar-refractivity contribution in [1.82, 2.24) is 19.9 Å². The smallest absolute Gasteiger partial charge is 0.319 e. The number of methoxy groups -OCH3 is 1. The number of nitrogens with zero attached hydrogens (tertiary/aromatic N) is 5. The Morgan fingerprint density at radius 1 is 1.07 bits per heavy atom. The number of ether oxygens (including phenoxy) is 3. The number of likely N-dealkylation sites (tertiary alicyclic amines) is 1. The van der Waals surface area contributed by atoms with E-state index >= 15 is 8.78 Å². The average molecular weight is 750 g/mol. The standard InChI is InChI=1S/C40H43F4N5O5/c1-4-26-28(41)9-8-24-15-25(50)16-27(30(24)26)33-32(42)34-31(36(45-33)52-3)35(49-13-14-53-21-38(2,51)20-49)47-37(46-34)54-22-39-10-5-7-29(39)48(12-6-11-39)19-23-17-40(43,44)18-23/h1,8-9,15-16,23,29,50-51H,5-7,10-14,17-22H2,2-3H3/t29-,38+,39-/m1/s1. The van der Waals surface area contributed by atoms with Crippen LogP contribution < -0.4 is 14.4 Å². The maximum atomic E-state index is 17.3. The first-order valence-electron chi connectivity index (χ1n) is 18.5. The molecule has 0 bridgehead atoms. The molecule has 0 unspecified atom stereocenters. The number of hydrogen-bond acceptors (Lipinski definition) is 10. The fourth-order valence-electron chi connectivity index (χ4n) is 9.34. The Hall–Kier alpha value is -4.45. The number of terminal acetylenes is 1. The first kappa shape index (κ1) is 36.5. The van der Waals surface area contributed by atoms with Crippen LogP contribution in [0.25, 0.3) is 32.9 Å². The highest BCUT2D eigenvalue weighted by Gasteiger charge is 2.51. The lowest BCUT2D eigenvalue weighted by Gasteiger charge is -2.48. The summed E-state index contributed by atoms with van der Waals surface area (Å²) in [5.74, 6) is -1.92. The number of halogens is 4. The molecule has 2 aliphatic heterocycles. The lowest BCUT2D eigenvalue weighted by molar-refractivity contribution is -0.124. The molecule has 10 nitrogen and oxygen atoms in total. The van der Waals surface area contributed by atoms with Crippen LogP contribution in [0.4, 0.5) is 23.4 Å². The van der Waals surface area contributed by atoms with E-state index in [1.165, 1.54) is 31.4 Å². The number of piperidine rings is 1. The Morgan fingerprint density at radius 2 is 1.87 bits per heavy atom. The van der Waals surface area contributed by atoms with Gasteiger partial charge in [0.15, 0.2) is 5.82 Å². The zero-order valence-corrected chi connectivity index (χ0v) is 30.3. The zero-order chi connectivity index (χ0) is 38.0. The summed E-state index contributed by atoms with van der Waals surface area (Å²) >= 11 is 0. The first-order chi connectivity index (χ1) is 25.8. The molecule has 54 heavy (non-hydrogen) atoms. The molecule has 4 aliphatic rings. The van der Waals surface area contributed by atoms with Gasteiger partial charge in [0.2, 0.25) is 11.8 Å². The number of pyridine rings is 1. The van der Waals surface area contributed by atoms with Gasteiger partial charge in [0.05, 0.1) is 39.0 Å². The van der Waals surface area contributed by atoms with Gasteiger partial charge in [0, 0.05) is 48.3 Å². The largest absolute Gasteiger partial charge is 0.508 e. The molecule has 2 saturated heterocycles. The first-order valence-corrected chi connectivity index (χ1v) is 18.5. The van der Waals surface area contributed by atoms with Crippen molar-refractivity contribution in [3.05, 3.63) is 41.5 Å². The molecule has 4 aromatic rings. The molecule has 2 N–H and O–H groups in total. The summed E-state index contributed by atoms with van der Waals surface area (Å²) in [5, 5.41) is 22.5. The highest BCUT2D eigenvalue weighted by Crippen LogP contribution is 2.50. The predicted octanol–water partition coefficient (Wildman–Crippen LogP) is 6.47. The average Bonchev–Trinajstić information content (AvgIpc) is 3.47. The third-order valence-corrected chi connectivity index (χ3v) is 11.7. The van der Waals surface area contributed by atoms with Crippen LogP contribution >= 0.6 is 0 Å². The lowest BCUT2D eigenvalue weighted by Crippen LogP contribution is -2.54. The Balaban J connectivity index is 1.24. The number of β-amino-alcohol motifs (C(OH)–C–C–N with tert-alkyl or cyclic N) is 1. The highest BCUT2D eigenvalue weighted by atomic mass is 19.3. The summed E-state index contributed by atoms with van der Waals surface area (Å²) in [6, 6.07) is 5.33. The number of phenolic OH excluding ortho intramolecular Hbond substituents is 1. The molecule has 286 valence electrons. The van der Waals surface area contributed by atoms with E-state index in [0.717, 1.165) is 38.6 Å². The van der Waals surface area contributed by atoms with Crippen LogP contribution in [0.5, 0.6) is 17.6 Å². The van der Waals surface area contributed by atoms with Crippen LogP contribution in [0.3, 0.4) is 0 Å². The number of rotatable bonds is 8. The van der Waals surface area contributed by atoms with Crippen molar-refractivity contribution in [2.45, 2.75) is 69.4 Å². The summed E-state index contributed by atoms with van der Waals surface area (Å²) in [5.41, 5.74) is -2.13. The number of aliphatic hydroxyl groups is 1. The third kappa shape index (κ3) is 6.54. The zero-order valence-electron chi connectivity index (χ0n) is 30.3. The van der Waals surface area contributed by atoms with Crippen molar-refractivity contribution in [3.8, 4) is 41.2 Å². The van der Waals surface area contributed by atoms with Crippen LogP contribution in [-0.2, 0) is 4.74 Å². The molecule has 2 aromatic heterocycles. The number of anilines is 1. The third-order valence-electron chi connectivity index (χ3n) is 11.7. The summed E-state index contributed by atoms with van der Waals surface area (Å²) in [4.78, 5) is 18.1. The quantitative estimate of drug-likeness (QED) is 0.154. The van der Waals surface area contributed by atoms with E-state index in [1.54, 1.807) is 11.8 Å². The molecule has 4 heterocycles. The molecule has 14 heteroatoms. The van der Waals surface area contributed by atoms with Gasteiger partial charge in [-0.25, -0.2) is 22.5 Å². The summed E-state index contributed by atoms with van der Waals surface area (Å²) in [6.07, 6.45) is 10.1. The minimum atomic E-state index is -2.57. The number of fused-ring (bicyclic) bond motifs is 3. The van der Waals surface area contributed by atoms with Gasteiger partial charge in [-0.1, -0.05) is 18.4 Å².